The summed E-state index contributed by atoms with van der Waals surface area (Å²) in [5.74, 6) is -3.50. The number of nitrogens with zero attached hydrogens (tertiary/aromatic N) is 2. The molecule has 1 fully saturated rings. The van der Waals surface area contributed by atoms with Crippen molar-refractivity contribution >= 4 is 11.8 Å². The number of benzene rings is 2. The van der Waals surface area contributed by atoms with E-state index in [1.54, 1.807) is 18.2 Å². The molecule has 3 aromatic rings. The highest BCUT2D eigenvalue weighted by Crippen LogP contribution is 2.45. The van der Waals surface area contributed by atoms with Gasteiger partial charge < -0.3 is 20.3 Å². The molecule has 0 radical (unpaired) electrons. The fourth-order valence-corrected chi connectivity index (χ4v) is 6.29. The number of halogens is 9. The number of hydrogen-bond donors (Lipinski definition) is 2. The Labute approximate surface area is 281 Å². The van der Waals surface area contributed by atoms with Gasteiger partial charge in [0.15, 0.2) is 0 Å². The summed E-state index contributed by atoms with van der Waals surface area (Å²) in [5.41, 5.74) is 3.43. The van der Waals surface area contributed by atoms with E-state index < -0.39 is 60.4 Å². The Morgan fingerprint density at radius 1 is 0.860 bits per heavy atom. The molecule has 2 aliphatic rings. The van der Waals surface area contributed by atoms with Gasteiger partial charge in [0.2, 0.25) is 11.8 Å². The SMILES string of the molecule is O=C(NC1CCN(CCCCc2ccc3c(c2)-c2ccccc2C3C(=O)NCC(F)(F)F)CC1)c1cccnc1OC(C(F)(F)F)C(F)(F)F. The van der Waals surface area contributed by atoms with Crippen molar-refractivity contribution in [3.63, 3.8) is 0 Å². The standard InChI is InChI=1S/C34H33F9N4O3/c35-32(36,37)19-45-29(49)27-23-8-2-1-7-22(23)26-18-20(10-11-24(26)27)6-3-4-15-47-16-12-21(13-17-47)46-28(48)25-9-5-14-44-30(25)50-31(33(38,39)40)34(41,42)43/h1-2,5,7-11,14,18,21,27,31H,3-4,6,12-13,15-17,19H2,(H,45,49)(H,46,48). The number of carbonyl (C=O) groups excluding carboxylic acids is 2. The minimum absolute atomic E-state index is 0.360. The molecule has 1 unspecified atom stereocenters. The molecule has 2 amide bonds. The Balaban J connectivity index is 1.10. The maximum Gasteiger partial charge on any atom is 0.434 e. The summed E-state index contributed by atoms with van der Waals surface area (Å²) in [6.07, 6.45) is -15.8. The third-order valence-corrected chi connectivity index (χ3v) is 8.67. The van der Waals surface area contributed by atoms with Crippen LogP contribution in [0.5, 0.6) is 5.88 Å². The topological polar surface area (TPSA) is 83.6 Å². The predicted molar refractivity (Wildman–Crippen MR) is 163 cm³/mol. The Bertz CT molecular complexity index is 1650. The van der Waals surface area contributed by atoms with E-state index in [2.05, 4.69) is 19.9 Å². The summed E-state index contributed by atoms with van der Waals surface area (Å²) in [4.78, 5) is 31.3. The zero-order valence-electron chi connectivity index (χ0n) is 26.4. The highest BCUT2D eigenvalue weighted by atomic mass is 19.4. The maximum atomic E-state index is 13.0. The molecule has 16 heteroatoms. The van der Waals surface area contributed by atoms with Gasteiger partial charge in [0.1, 0.15) is 12.1 Å². The highest BCUT2D eigenvalue weighted by Gasteiger charge is 2.59. The molecular formula is C34H33F9N4O3. The number of ether oxygens (including phenoxy) is 1. The number of nitrogens with one attached hydrogen (secondary N) is 2. The van der Waals surface area contributed by atoms with Crippen LogP contribution in [0.2, 0.25) is 0 Å². The highest BCUT2D eigenvalue weighted by molar-refractivity contribution is 5.97. The van der Waals surface area contributed by atoms with Crippen LogP contribution in [0.1, 0.15) is 58.6 Å². The lowest BCUT2D eigenvalue weighted by Gasteiger charge is -2.32. The molecule has 1 aromatic heterocycles. The first kappa shape index (κ1) is 36.9. The average molecular weight is 717 g/mol. The van der Waals surface area contributed by atoms with Crippen LogP contribution in [-0.2, 0) is 11.2 Å². The van der Waals surface area contributed by atoms with E-state index in [1.165, 1.54) is 6.07 Å². The molecule has 270 valence electrons. The molecular weight excluding hydrogens is 683 g/mol. The van der Waals surface area contributed by atoms with Gasteiger partial charge in [-0.3, -0.25) is 9.59 Å². The molecule has 1 aliphatic heterocycles. The Morgan fingerprint density at radius 3 is 2.22 bits per heavy atom. The quantitative estimate of drug-likeness (QED) is 0.166. The largest absolute Gasteiger partial charge is 0.454 e. The fourth-order valence-electron chi connectivity index (χ4n) is 6.29. The number of carbonyl (C=O) groups is 2. The van der Waals surface area contributed by atoms with Crippen molar-refractivity contribution in [1.29, 1.82) is 0 Å². The number of piperidine rings is 1. The first-order chi connectivity index (χ1) is 23.5. The zero-order valence-corrected chi connectivity index (χ0v) is 26.4. The second kappa shape index (κ2) is 14.9. The first-order valence-electron chi connectivity index (χ1n) is 15.9. The van der Waals surface area contributed by atoms with Crippen LogP contribution in [0.15, 0.2) is 60.8 Å². The van der Waals surface area contributed by atoms with Crippen LogP contribution >= 0.6 is 0 Å². The first-order valence-corrected chi connectivity index (χ1v) is 15.9. The van der Waals surface area contributed by atoms with Crippen molar-refractivity contribution in [2.24, 2.45) is 0 Å². The van der Waals surface area contributed by atoms with Crippen LogP contribution < -0.4 is 15.4 Å². The molecule has 2 heterocycles. The normalized spacial score (nSPS) is 17.0. The number of aryl methyl sites for hydroxylation is 1. The number of rotatable bonds is 11. The minimum Gasteiger partial charge on any atom is -0.454 e. The summed E-state index contributed by atoms with van der Waals surface area (Å²) in [7, 11) is 0. The average Bonchev–Trinajstić information content (AvgIpc) is 3.38. The van der Waals surface area contributed by atoms with Gasteiger partial charge in [0.25, 0.3) is 12.0 Å². The van der Waals surface area contributed by atoms with E-state index in [9.17, 15) is 49.1 Å². The zero-order chi connectivity index (χ0) is 36.3. The summed E-state index contributed by atoms with van der Waals surface area (Å²) in [5, 5.41) is 4.67. The van der Waals surface area contributed by atoms with E-state index in [-0.39, 0.29) is 6.04 Å². The molecule has 50 heavy (non-hydrogen) atoms. The third kappa shape index (κ3) is 9.06. The molecule has 1 saturated heterocycles. The van der Waals surface area contributed by atoms with E-state index in [1.807, 2.05) is 29.6 Å². The molecule has 5 rings (SSSR count). The van der Waals surface area contributed by atoms with Gasteiger partial charge in [-0.1, -0.05) is 42.5 Å². The molecule has 7 nitrogen and oxygen atoms in total. The van der Waals surface area contributed by atoms with Gasteiger partial charge in [-0.15, -0.1) is 0 Å². The number of unbranched alkanes of at least 4 members (excludes halogenated alkanes) is 1. The van der Waals surface area contributed by atoms with Gasteiger partial charge in [-0.2, -0.15) is 39.5 Å². The van der Waals surface area contributed by atoms with E-state index in [4.69, 9.17) is 0 Å². The summed E-state index contributed by atoms with van der Waals surface area (Å²) >= 11 is 0. The predicted octanol–water partition coefficient (Wildman–Crippen LogP) is 6.96. The van der Waals surface area contributed by atoms with Crippen LogP contribution in [0.3, 0.4) is 0 Å². The number of amides is 2. The lowest BCUT2D eigenvalue weighted by molar-refractivity contribution is -0.300. The second-order valence-corrected chi connectivity index (χ2v) is 12.3. The van der Waals surface area contributed by atoms with Crippen LogP contribution in [0, 0.1) is 0 Å². The molecule has 1 atom stereocenters. The Hall–Kier alpha value is -4.34. The number of aromatic nitrogens is 1. The van der Waals surface area contributed by atoms with Gasteiger partial charge in [0.05, 0.1) is 5.92 Å². The third-order valence-electron chi connectivity index (χ3n) is 8.67. The van der Waals surface area contributed by atoms with Gasteiger partial charge in [-0.25, -0.2) is 4.98 Å². The number of likely N-dealkylation sites (tertiary alicyclic amines) is 1. The van der Waals surface area contributed by atoms with Crippen molar-refractivity contribution in [2.45, 2.75) is 68.7 Å². The number of pyridine rings is 1. The van der Waals surface area contributed by atoms with Gasteiger partial charge >= 0.3 is 18.5 Å². The summed E-state index contributed by atoms with van der Waals surface area (Å²) < 4.78 is 120. The number of alkyl halides is 9. The van der Waals surface area contributed by atoms with E-state index in [0.717, 1.165) is 54.8 Å². The summed E-state index contributed by atoms with van der Waals surface area (Å²) in [6.45, 7) is 0.569. The van der Waals surface area contributed by atoms with Crippen molar-refractivity contribution in [2.75, 3.05) is 26.2 Å². The lowest BCUT2D eigenvalue weighted by atomic mass is 9.94. The van der Waals surface area contributed by atoms with Crippen LogP contribution in [0.25, 0.3) is 11.1 Å². The van der Waals surface area contributed by atoms with Crippen LogP contribution in [-0.4, -0.2) is 78.6 Å². The lowest BCUT2D eigenvalue weighted by Crippen LogP contribution is -2.47. The van der Waals surface area contributed by atoms with Crippen LogP contribution in [0.4, 0.5) is 39.5 Å². The molecule has 2 N–H and O–H groups in total. The smallest absolute Gasteiger partial charge is 0.434 e. The maximum absolute atomic E-state index is 13.0. The summed E-state index contributed by atoms with van der Waals surface area (Å²) in [6, 6.07) is 14.7. The Kier molecular flexibility index (Phi) is 11.0. The van der Waals surface area contributed by atoms with E-state index in [0.29, 0.717) is 37.1 Å². The number of hydrogen-bond acceptors (Lipinski definition) is 5. The fraction of sp³-hybridized carbons (Fsp3) is 0.441. The van der Waals surface area contributed by atoms with Crippen molar-refractivity contribution in [1.82, 2.24) is 20.5 Å². The monoisotopic (exact) mass is 716 g/mol. The van der Waals surface area contributed by atoms with Crippen molar-refractivity contribution < 1.29 is 53.8 Å². The molecule has 0 spiro atoms. The molecule has 0 bridgehead atoms. The van der Waals surface area contributed by atoms with E-state index >= 15 is 0 Å². The van der Waals surface area contributed by atoms with Crippen molar-refractivity contribution in [3.8, 4) is 17.0 Å². The van der Waals surface area contributed by atoms with Crippen molar-refractivity contribution in [3.05, 3.63) is 83.0 Å². The second-order valence-electron chi connectivity index (χ2n) is 12.3. The van der Waals surface area contributed by atoms with Gasteiger partial charge in [0, 0.05) is 25.3 Å². The Morgan fingerprint density at radius 2 is 1.54 bits per heavy atom. The molecule has 1 aliphatic carbocycles. The molecule has 0 saturated carbocycles. The minimum atomic E-state index is -5.77. The molecule has 2 aromatic carbocycles. The van der Waals surface area contributed by atoms with Gasteiger partial charge in [-0.05, 0) is 78.6 Å². The number of fused-ring (bicyclic) bond motifs is 3.